The molecule has 0 saturated carbocycles. The van der Waals surface area contributed by atoms with Crippen LogP contribution in [0.1, 0.15) is 36.9 Å². The topological polar surface area (TPSA) is 87.3 Å². The molecule has 0 aromatic heterocycles. The number of nitrogens with one attached hydrogen (secondary N) is 3. The molecule has 0 spiro atoms. The molecule has 26 heavy (non-hydrogen) atoms. The number of benzene rings is 2. The molecule has 2 aromatic carbocycles. The Balaban J connectivity index is 1.70. The summed E-state index contributed by atoms with van der Waals surface area (Å²) in [5.41, 5.74) is 0.448. The van der Waals surface area contributed by atoms with Gasteiger partial charge in [-0.15, -0.1) is 0 Å². The van der Waals surface area contributed by atoms with Crippen LogP contribution in [0.4, 0.5) is 4.79 Å². The van der Waals surface area contributed by atoms with Gasteiger partial charge in [0.2, 0.25) is 5.91 Å². The Hall–Kier alpha value is -3.15. The smallest absolute Gasteiger partial charge is 0.322 e. The standard InChI is InChI=1S/C20H21N3O3/c1-14(15-8-4-2-5-9-15)21-17(24)12-13-20(16-10-6-3-7-11-16)18(25)22-19(26)23-20/h2-11,14H,12-13H2,1H3,(H,21,24)(H2,22,23,25,26). The van der Waals surface area contributed by atoms with E-state index in [4.69, 9.17) is 0 Å². The maximum absolute atomic E-state index is 12.4. The summed E-state index contributed by atoms with van der Waals surface area (Å²) in [6.45, 7) is 1.91. The molecule has 3 N–H and O–H groups in total. The number of carbonyl (C=O) groups excluding carboxylic acids is 3. The molecule has 6 nitrogen and oxygen atoms in total. The van der Waals surface area contributed by atoms with Crippen LogP contribution in [0.3, 0.4) is 0 Å². The molecule has 0 bridgehead atoms. The van der Waals surface area contributed by atoms with Crippen LogP contribution in [0, 0.1) is 0 Å². The van der Waals surface area contributed by atoms with Crippen molar-refractivity contribution in [3.63, 3.8) is 0 Å². The van der Waals surface area contributed by atoms with Crippen molar-refractivity contribution in [1.82, 2.24) is 16.0 Å². The average Bonchev–Trinajstić information content (AvgIpc) is 2.96. The van der Waals surface area contributed by atoms with E-state index in [1.807, 2.05) is 43.3 Å². The SMILES string of the molecule is CC(NC(=O)CCC1(c2ccccc2)NC(=O)NC1=O)c1ccccc1. The molecule has 1 aliphatic rings. The quantitative estimate of drug-likeness (QED) is 0.698. The number of imide groups is 1. The van der Waals surface area contributed by atoms with Crippen molar-refractivity contribution in [2.24, 2.45) is 0 Å². The van der Waals surface area contributed by atoms with Gasteiger partial charge in [0.25, 0.3) is 5.91 Å². The molecule has 2 aromatic rings. The number of hydrogen-bond acceptors (Lipinski definition) is 3. The number of hydrogen-bond donors (Lipinski definition) is 3. The molecule has 2 unspecified atom stereocenters. The Bertz CT molecular complexity index is 808. The van der Waals surface area contributed by atoms with Crippen molar-refractivity contribution in [3.05, 3.63) is 71.8 Å². The van der Waals surface area contributed by atoms with Crippen molar-refractivity contribution in [3.8, 4) is 0 Å². The summed E-state index contributed by atoms with van der Waals surface area (Å²) in [6.07, 6.45) is 0.293. The molecule has 134 valence electrons. The number of urea groups is 1. The maximum Gasteiger partial charge on any atom is 0.322 e. The van der Waals surface area contributed by atoms with Gasteiger partial charge in [-0.3, -0.25) is 14.9 Å². The van der Waals surface area contributed by atoms with Gasteiger partial charge in [-0.25, -0.2) is 4.79 Å². The van der Waals surface area contributed by atoms with E-state index in [-0.39, 0.29) is 24.8 Å². The molecule has 1 heterocycles. The minimum atomic E-state index is -1.22. The minimum absolute atomic E-state index is 0.111. The molecule has 3 rings (SSSR count). The van der Waals surface area contributed by atoms with Crippen LogP contribution in [0.15, 0.2) is 60.7 Å². The number of rotatable bonds is 6. The molecular weight excluding hydrogens is 330 g/mol. The van der Waals surface area contributed by atoms with E-state index in [9.17, 15) is 14.4 Å². The van der Waals surface area contributed by atoms with Crippen molar-refractivity contribution in [1.29, 1.82) is 0 Å². The molecule has 0 radical (unpaired) electrons. The Kier molecular flexibility index (Phi) is 5.02. The number of carbonyl (C=O) groups is 3. The summed E-state index contributed by atoms with van der Waals surface area (Å²) in [5, 5.41) is 7.90. The lowest BCUT2D eigenvalue weighted by Crippen LogP contribution is -2.44. The normalized spacial score (nSPS) is 20.2. The summed E-state index contributed by atoms with van der Waals surface area (Å²) in [6, 6.07) is 17.9. The van der Waals surface area contributed by atoms with E-state index < -0.39 is 17.5 Å². The van der Waals surface area contributed by atoms with Crippen LogP contribution in [-0.4, -0.2) is 17.8 Å². The van der Waals surface area contributed by atoms with Crippen LogP contribution < -0.4 is 16.0 Å². The monoisotopic (exact) mass is 351 g/mol. The van der Waals surface area contributed by atoms with Crippen LogP contribution >= 0.6 is 0 Å². The first-order valence-corrected chi connectivity index (χ1v) is 8.55. The van der Waals surface area contributed by atoms with E-state index in [2.05, 4.69) is 16.0 Å². The van der Waals surface area contributed by atoms with Gasteiger partial charge in [0, 0.05) is 6.42 Å². The van der Waals surface area contributed by atoms with Gasteiger partial charge in [-0.1, -0.05) is 60.7 Å². The fraction of sp³-hybridized carbons (Fsp3) is 0.250. The maximum atomic E-state index is 12.4. The lowest BCUT2D eigenvalue weighted by molar-refractivity contribution is -0.125. The third-order valence-electron chi connectivity index (χ3n) is 4.61. The van der Waals surface area contributed by atoms with E-state index in [1.54, 1.807) is 24.3 Å². The first-order chi connectivity index (χ1) is 12.5. The summed E-state index contributed by atoms with van der Waals surface area (Å²) in [7, 11) is 0. The molecule has 0 aliphatic carbocycles. The first-order valence-electron chi connectivity index (χ1n) is 8.55. The highest BCUT2D eigenvalue weighted by atomic mass is 16.2. The van der Waals surface area contributed by atoms with E-state index in [1.165, 1.54) is 0 Å². The van der Waals surface area contributed by atoms with E-state index in [0.717, 1.165) is 5.56 Å². The Morgan fingerprint density at radius 1 is 1.04 bits per heavy atom. The number of amides is 4. The largest absolute Gasteiger partial charge is 0.350 e. The summed E-state index contributed by atoms with van der Waals surface area (Å²) in [4.78, 5) is 36.5. The zero-order chi connectivity index (χ0) is 18.6. The lowest BCUT2D eigenvalue weighted by Gasteiger charge is -2.26. The van der Waals surface area contributed by atoms with Crippen molar-refractivity contribution < 1.29 is 14.4 Å². The predicted octanol–water partition coefficient (Wildman–Crippen LogP) is 2.38. The molecule has 1 aliphatic heterocycles. The molecule has 1 saturated heterocycles. The van der Waals surface area contributed by atoms with Crippen LogP contribution in [0.2, 0.25) is 0 Å². The second-order valence-electron chi connectivity index (χ2n) is 6.38. The van der Waals surface area contributed by atoms with Crippen molar-refractivity contribution >= 4 is 17.8 Å². The zero-order valence-electron chi connectivity index (χ0n) is 14.5. The Labute approximate surface area is 152 Å². The third-order valence-corrected chi connectivity index (χ3v) is 4.61. The van der Waals surface area contributed by atoms with Gasteiger partial charge in [0.1, 0.15) is 5.54 Å². The third kappa shape index (κ3) is 3.59. The molecular formula is C20H21N3O3. The fourth-order valence-corrected chi connectivity index (χ4v) is 3.18. The van der Waals surface area contributed by atoms with Gasteiger partial charge in [0.05, 0.1) is 6.04 Å². The fourth-order valence-electron chi connectivity index (χ4n) is 3.18. The van der Waals surface area contributed by atoms with Crippen LogP contribution in [-0.2, 0) is 15.1 Å². The van der Waals surface area contributed by atoms with Crippen molar-refractivity contribution in [2.75, 3.05) is 0 Å². The van der Waals surface area contributed by atoms with Gasteiger partial charge in [-0.05, 0) is 24.5 Å². The Morgan fingerprint density at radius 3 is 2.23 bits per heavy atom. The first kappa shape index (κ1) is 17.7. The summed E-state index contributed by atoms with van der Waals surface area (Å²) < 4.78 is 0. The Morgan fingerprint density at radius 2 is 1.65 bits per heavy atom. The molecule has 2 atom stereocenters. The minimum Gasteiger partial charge on any atom is -0.350 e. The van der Waals surface area contributed by atoms with Crippen LogP contribution in [0.5, 0.6) is 0 Å². The van der Waals surface area contributed by atoms with Crippen molar-refractivity contribution in [2.45, 2.75) is 31.3 Å². The van der Waals surface area contributed by atoms with Crippen LogP contribution in [0.25, 0.3) is 0 Å². The van der Waals surface area contributed by atoms with Gasteiger partial charge in [-0.2, -0.15) is 0 Å². The van der Waals surface area contributed by atoms with Gasteiger partial charge >= 0.3 is 6.03 Å². The van der Waals surface area contributed by atoms with E-state index in [0.29, 0.717) is 5.56 Å². The molecule has 6 heteroatoms. The zero-order valence-corrected chi connectivity index (χ0v) is 14.5. The highest BCUT2D eigenvalue weighted by molar-refractivity contribution is 6.07. The molecule has 4 amide bonds. The van der Waals surface area contributed by atoms with E-state index >= 15 is 0 Å². The predicted molar refractivity (Wildman–Crippen MR) is 97.0 cm³/mol. The second-order valence-corrected chi connectivity index (χ2v) is 6.38. The highest BCUT2D eigenvalue weighted by Gasteiger charge is 2.47. The second kappa shape index (κ2) is 7.39. The highest BCUT2D eigenvalue weighted by Crippen LogP contribution is 2.30. The summed E-state index contributed by atoms with van der Waals surface area (Å²) >= 11 is 0. The molecule has 1 fully saturated rings. The van der Waals surface area contributed by atoms with Gasteiger partial charge in [0.15, 0.2) is 0 Å². The summed E-state index contributed by atoms with van der Waals surface area (Å²) in [5.74, 6) is -0.608. The van der Waals surface area contributed by atoms with Gasteiger partial charge < -0.3 is 10.6 Å². The lowest BCUT2D eigenvalue weighted by atomic mass is 9.85. The average molecular weight is 351 g/mol.